The van der Waals surface area contributed by atoms with Crippen LogP contribution in [0.15, 0.2) is 47.6 Å². The first-order valence-corrected chi connectivity index (χ1v) is 7.46. The Morgan fingerprint density at radius 2 is 2.00 bits per heavy atom. The van der Waals surface area contributed by atoms with E-state index in [4.69, 9.17) is 11.6 Å². The average molecular weight is 335 g/mol. The van der Waals surface area contributed by atoms with Crippen LogP contribution in [0.4, 0.5) is 14.5 Å². The normalized spacial score (nSPS) is 18.1. The molecule has 0 aromatic heterocycles. The number of benzene rings is 2. The summed E-state index contributed by atoms with van der Waals surface area (Å²) in [5.74, 6) is -1.57. The molecule has 0 saturated heterocycles. The van der Waals surface area contributed by atoms with Crippen molar-refractivity contribution in [1.82, 2.24) is 0 Å². The van der Waals surface area contributed by atoms with E-state index in [2.05, 4.69) is 5.10 Å². The smallest absolute Gasteiger partial charge is 0.250 e. The second kappa shape index (κ2) is 6.08. The largest absolute Gasteiger partial charge is 0.272 e. The molecule has 0 N–H and O–H groups in total. The highest BCUT2D eigenvalue weighted by Gasteiger charge is 2.29. The molecule has 1 heterocycles. The van der Waals surface area contributed by atoms with Crippen LogP contribution in [0.5, 0.6) is 0 Å². The maximum atomic E-state index is 13.7. The summed E-state index contributed by atoms with van der Waals surface area (Å²) in [5.41, 5.74) is 1.44. The van der Waals surface area contributed by atoms with Gasteiger partial charge >= 0.3 is 0 Å². The highest BCUT2D eigenvalue weighted by molar-refractivity contribution is 6.30. The van der Waals surface area contributed by atoms with Crippen molar-refractivity contribution in [1.29, 1.82) is 0 Å². The van der Waals surface area contributed by atoms with Crippen LogP contribution in [-0.4, -0.2) is 11.6 Å². The molecule has 2 aromatic carbocycles. The Morgan fingerprint density at radius 3 is 2.70 bits per heavy atom. The summed E-state index contributed by atoms with van der Waals surface area (Å²) in [6, 6.07) is 10.0. The summed E-state index contributed by atoms with van der Waals surface area (Å²) in [6.07, 6.45) is 0.381. The predicted octanol–water partition coefficient (Wildman–Crippen LogP) is 4.40. The van der Waals surface area contributed by atoms with Gasteiger partial charge in [0.05, 0.1) is 16.4 Å². The van der Waals surface area contributed by atoms with Gasteiger partial charge in [-0.3, -0.25) is 4.79 Å². The molecule has 0 fully saturated rings. The monoisotopic (exact) mass is 334 g/mol. The Labute approximate surface area is 137 Å². The minimum atomic E-state index is -0.547. The first-order valence-electron chi connectivity index (χ1n) is 7.08. The Hall–Kier alpha value is -2.27. The van der Waals surface area contributed by atoms with Gasteiger partial charge in [-0.1, -0.05) is 30.7 Å². The van der Waals surface area contributed by atoms with Crippen LogP contribution in [0, 0.1) is 17.6 Å². The van der Waals surface area contributed by atoms with Crippen LogP contribution >= 0.6 is 11.6 Å². The summed E-state index contributed by atoms with van der Waals surface area (Å²) in [7, 11) is 0. The molecule has 0 spiro atoms. The molecule has 2 aromatic rings. The molecule has 118 valence electrons. The van der Waals surface area contributed by atoms with Gasteiger partial charge in [0.2, 0.25) is 0 Å². The van der Waals surface area contributed by atoms with E-state index in [0.717, 1.165) is 0 Å². The molecule has 1 aliphatic heterocycles. The van der Waals surface area contributed by atoms with Crippen molar-refractivity contribution >= 4 is 28.9 Å². The number of nitrogens with zero attached hydrogens (tertiary/aromatic N) is 2. The zero-order valence-corrected chi connectivity index (χ0v) is 13.0. The van der Waals surface area contributed by atoms with Gasteiger partial charge in [-0.2, -0.15) is 5.10 Å². The van der Waals surface area contributed by atoms with Gasteiger partial charge < -0.3 is 0 Å². The maximum Gasteiger partial charge on any atom is 0.250 e. The van der Waals surface area contributed by atoms with Gasteiger partial charge in [0.25, 0.3) is 5.91 Å². The lowest BCUT2D eigenvalue weighted by atomic mass is 9.96. The molecule has 0 saturated carbocycles. The fourth-order valence-corrected chi connectivity index (χ4v) is 2.56. The van der Waals surface area contributed by atoms with E-state index in [9.17, 15) is 13.6 Å². The molecule has 0 radical (unpaired) electrons. The summed E-state index contributed by atoms with van der Waals surface area (Å²) in [6.45, 7) is 1.76. The lowest BCUT2D eigenvalue weighted by Crippen LogP contribution is -2.37. The number of carbonyl (C=O) groups is 1. The fourth-order valence-electron chi connectivity index (χ4n) is 2.44. The molecule has 1 amide bonds. The maximum absolute atomic E-state index is 13.7. The Kier molecular flexibility index (Phi) is 4.13. The van der Waals surface area contributed by atoms with Gasteiger partial charge in [0, 0.05) is 17.9 Å². The predicted molar refractivity (Wildman–Crippen MR) is 85.6 cm³/mol. The molecule has 1 atom stereocenters. The third kappa shape index (κ3) is 3.10. The number of rotatable bonds is 2. The molecule has 0 bridgehead atoms. The molecule has 1 unspecified atom stereocenters. The minimum absolute atomic E-state index is 0.0243. The average Bonchev–Trinajstić information content (AvgIpc) is 2.52. The summed E-state index contributed by atoms with van der Waals surface area (Å²) < 4.78 is 27.1. The quantitative estimate of drug-likeness (QED) is 0.801. The van der Waals surface area contributed by atoms with Crippen LogP contribution in [-0.2, 0) is 4.79 Å². The second-order valence-electron chi connectivity index (χ2n) is 5.41. The molecule has 3 rings (SSSR count). The summed E-state index contributed by atoms with van der Waals surface area (Å²) in [4.78, 5) is 12.3. The van der Waals surface area contributed by atoms with Gasteiger partial charge in [-0.15, -0.1) is 0 Å². The lowest BCUT2D eigenvalue weighted by molar-refractivity contribution is -0.122. The van der Waals surface area contributed by atoms with Crippen LogP contribution in [0.25, 0.3) is 0 Å². The number of carbonyl (C=O) groups excluding carboxylic acids is 1. The molecule has 6 heteroatoms. The first-order chi connectivity index (χ1) is 11.0. The number of hydrogen-bond acceptors (Lipinski definition) is 2. The molecular formula is C17H13ClF2N2O. The number of hydrazone groups is 1. The number of hydrogen-bond donors (Lipinski definition) is 0. The lowest BCUT2D eigenvalue weighted by Gasteiger charge is -2.27. The number of amides is 1. The Bertz CT molecular complexity index is 807. The molecule has 23 heavy (non-hydrogen) atoms. The molecule has 1 aliphatic rings. The van der Waals surface area contributed by atoms with Gasteiger partial charge in [-0.25, -0.2) is 13.8 Å². The third-order valence-electron chi connectivity index (χ3n) is 3.66. The van der Waals surface area contributed by atoms with Gasteiger partial charge in [0.15, 0.2) is 0 Å². The SMILES string of the molecule is CC1CC(c2ccc(Cl)c(F)c2)=NN(c2cccc(F)c2)C1=O. The fraction of sp³-hybridized carbons (Fsp3) is 0.176. The van der Waals surface area contributed by atoms with E-state index in [1.165, 1.54) is 35.3 Å². The Balaban J connectivity index is 2.05. The number of anilines is 1. The van der Waals surface area contributed by atoms with E-state index in [1.54, 1.807) is 19.1 Å². The van der Waals surface area contributed by atoms with E-state index in [-0.39, 0.29) is 16.8 Å². The van der Waals surface area contributed by atoms with Crippen molar-refractivity contribution in [2.45, 2.75) is 13.3 Å². The second-order valence-corrected chi connectivity index (χ2v) is 5.82. The third-order valence-corrected chi connectivity index (χ3v) is 3.96. The van der Waals surface area contributed by atoms with Crippen molar-refractivity contribution in [3.8, 4) is 0 Å². The van der Waals surface area contributed by atoms with Crippen LogP contribution in [0.1, 0.15) is 18.9 Å². The van der Waals surface area contributed by atoms with Crippen molar-refractivity contribution in [3.05, 3.63) is 64.7 Å². The zero-order chi connectivity index (χ0) is 16.6. The van der Waals surface area contributed by atoms with Gasteiger partial charge in [0.1, 0.15) is 11.6 Å². The van der Waals surface area contributed by atoms with Crippen LogP contribution in [0.3, 0.4) is 0 Å². The van der Waals surface area contributed by atoms with E-state index < -0.39 is 11.6 Å². The van der Waals surface area contributed by atoms with E-state index in [0.29, 0.717) is 23.4 Å². The number of halogens is 3. The van der Waals surface area contributed by atoms with E-state index >= 15 is 0 Å². The van der Waals surface area contributed by atoms with Crippen LogP contribution in [0.2, 0.25) is 5.02 Å². The molecule has 0 aliphatic carbocycles. The van der Waals surface area contributed by atoms with Gasteiger partial charge in [-0.05, 0) is 30.3 Å². The van der Waals surface area contributed by atoms with Crippen molar-refractivity contribution in [2.24, 2.45) is 11.0 Å². The molecular weight excluding hydrogens is 322 g/mol. The standard InChI is InChI=1S/C17H13ClF2N2O/c1-10-7-16(11-5-6-14(18)15(20)8-11)21-22(17(10)23)13-4-2-3-12(19)9-13/h2-6,8-10H,7H2,1H3. The molecule has 3 nitrogen and oxygen atoms in total. The van der Waals surface area contributed by atoms with Crippen molar-refractivity contribution in [3.63, 3.8) is 0 Å². The topological polar surface area (TPSA) is 32.7 Å². The highest BCUT2D eigenvalue weighted by Crippen LogP contribution is 2.27. The van der Waals surface area contributed by atoms with Crippen molar-refractivity contribution in [2.75, 3.05) is 5.01 Å². The minimum Gasteiger partial charge on any atom is -0.272 e. The summed E-state index contributed by atoms with van der Waals surface area (Å²) >= 11 is 5.69. The van der Waals surface area contributed by atoms with E-state index in [1.807, 2.05) is 0 Å². The Morgan fingerprint density at radius 1 is 1.22 bits per heavy atom. The first kappa shape index (κ1) is 15.6. The van der Waals surface area contributed by atoms with Crippen molar-refractivity contribution < 1.29 is 13.6 Å². The summed E-state index contributed by atoms with van der Waals surface area (Å²) in [5, 5.41) is 5.48. The van der Waals surface area contributed by atoms with Crippen LogP contribution < -0.4 is 5.01 Å². The zero-order valence-electron chi connectivity index (χ0n) is 12.3. The highest BCUT2D eigenvalue weighted by atomic mass is 35.5.